The Morgan fingerprint density at radius 2 is 1.68 bits per heavy atom. The number of nitriles is 1. The predicted molar refractivity (Wildman–Crippen MR) is 159 cm³/mol. The van der Waals surface area contributed by atoms with Gasteiger partial charge in [0.05, 0.1) is 29.6 Å². The predicted octanol–water partition coefficient (Wildman–Crippen LogP) is 6.68. The molecule has 0 bridgehead atoms. The van der Waals surface area contributed by atoms with Crippen molar-refractivity contribution in [1.82, 2.24) is 9.55 Å². The molecule has 0 spiro atoms. The molecule has 0 aliphatic carbocycles. The Morgan fingerprint density at radius 3 is 2.30 bits per heavy atom. The second kappa shape index (κ2) is 12.8. The van der Waals surface area contributed by atoms with Gasteiger partial charge in [-0.25, -0.2) is 4.98 Å². The molecule has 0 radical (unpaired) electrons. The summed E-state index contributed by atoms with van der Waals surface area (Å²) >= 11 is 0. The van der Waals surface area contributed by atoms with Gasteiger partial charge in [0.2, 0.25) is 0 Å². The SMILES string of the molecule is CCCc1nc(CC)n(-c2ccc(OC(C)(C)COC)cc2)c(=O)c1Cc1ccc(-c2ccccc2C#N)cc1. The highest BCUT2D eigenvalue weighted by Crippen LogP contribution is 2.25. The molecule has 0 fully saturated rings. The summed E-state index contributed by atoms with van der Waals surface area (Å²) in [6.45, 7) is 8.54. The zero-order valence-corrected chi connectivity index (χ0v) is 24.0. The molecule has 4 rings (SSSR count). The number of methoxy groups -OCH3 is 1. The molecule has 4 aromatic rings. The number of ether oxygens (including phenoxy) is 2. The molecule has 6 nitrogen and oxygen atoms in total. The van der Waals surface area contributed by atoms with Crippen molar-refractivity contribution in [2.24, 2.45) is 0 Å². The zero-order valence-electron chi connectivity index (χ0n) is 24.0. The average Bonchev–Trinajstić information content (AvgIpc) is 2.95. The van der Waals surface area contributed by atoms with E-state index in [1.54, 1.807) is 11.7 Å². The summed E-state index contributed by atoms with van der Waals surface area (Å²) in [6, 6.07) is 25.5. The fourth-order valence-corrected chi connectivity index (χ4v) is 4.97. The third kappa shape index (κ3) is 6.50. The van der Waals surface area contributed by atoms with Gasteiger partial charge in [0, 0.05) is 25.5 Å². The van der Waals surface area contributed by atoms with Crippen LogP contribution in [0.3, 0.4) is 0 Å². The van der Waals surface area contributed by atoms with Crippen LogP contribution < -0.4 is 10.3 Å². The largest absolute Gasteiger partial charge is 0.485 e. The molecule has 0 saturated carbocycles. The van der Waals surface area contributed by atoms with Crippen LogP contribution in [-0.2, 0) is 24.0 Å². The number of rotatable bonds is 11. The number of nitrogens with zero attached hydrogens (tertiary/aromatic N) is 3. The minimum atomic E-state index is -0.468. The van der Waals surface area contributed by atoms with Crippen molar-refractivity contribution in [2.75, 3.05) is 13.7 Å². The quantitative estimate of drug-likeness (QED) is 0.214. The zero-order chi connectivity index (χ0) is 28.7. The van der Waals surface area contributed by atoms with Crippen molar-refractivity contribution in [3.05, 3.63) is 111 Å². The maximum Gasteiger partial charge on any atom is 0.261 e. The second-order valence-corrected chi connectivity index (χ2v) is 10.5. The Balaban J connectivity index is 1.70. The molecular weight excluding hydrogens is 498 g/mol. The first kappa shape index (κ1) is 28.8. The first-order valence-electron chi connectivity index (χ1n) is 13.8. The van der Waals surface area contributed by atoms with Crippen LogP contribution in [0.15, 0.2) is 77.6 Å². The van der Waals surface area contributed by atoms with Crippen LogP contribution in [0.5, 0.6) is 5.75 Å². The Kier molecular flexibility index (Phi) is 9.19. The van der Waals surface area contributed by atoms with Crippen molar-refractivity contribution in [3.63, 3.8) is 0 Å². The normalized spacial score (nSPS) is 11.3. The monoisotopic (exact) mass is 535 g/mol. The summed E-state index contributed by atoms with van der Waals surface area (Å²) in [5.41, 5.74) is 5.37. The highest BCUT2D eigenvalue weighted by molar-refractivity contribution is 5.70. The third-order valence-corrected chi connectivity index (χ3v) is 6.81. The number of aromatic nitrogens is 2. The molecule has 0 aliphatic rings. The smallest absolute Gasteiger partial charge is 0.261 e. The minimum absolute atomic E-state index is 0.0393. The van der Waals surface area contributed by atoms with Gasteiger partial charge in [-0.1, -0.05) is 62.7 Å². The third-order valence-electron chi connectivity index (χ3n) is 6.81. The maximum absolute atomic E-state index is 14.1. The van der Waals surface area contributed by atoms with Gasteiger partial charge >= 0.3 is 0 Å². The van der Waals surface area contributed by atoms with Crippen LogP contribution in [0.4, 0.5) is 0 Å². The first-order valence-corrected chi connectivity index (χ1v) is 13.8. The van der Waals surface area contributed by atoms with Crippen LogP contribution in [0.2, 0.25) is 0 Å². The summed E-state index contributed by atoms with van der Waals surface area (Å²) in [5.74, 6) is 1.46. The summed E-state index contributed by atoms with van der Waals surface area (Å²) in [6.07, 6.45) is 2.77. The number of aryl methyl sites for hydroxylation is 2. The Labute approximate surface area is 236 Å². The van der Waals surface area contributed by atoms with E-state index in [-0.39, 0.29) is 5.56 Å². The summed E-state index contributed by atoms with van der Waals surface area (Å²) in [5, 5.41) is 9.48. The van der Waals surface area contributed by atoms with Crippen LogP contribution in [0.25, 0.3) is 16.8 Å². The molecule has 6 heteroatoms. The number of benzene rings is 3. The minimum Gasteiger partial charge on any atom is -0.485 e. The van der Waals surface area contributed by atoms with Crippen molar-refractivity contribution < 1.29 is 9.47 Å². The van der Waals surface area contributed by atoms with E-state index in [2.05, 4.69) is 13.0 Å². The van der Waals surface area contributed by atoms with Gasteiger partial charge in [0.25, 0.3) is 5.56 Å². The average molecular weight is 536 g/mol. The lowest BCUT2D eigenvalue weighted by Crippen LogP contribution is -2.33. The van der Waals surface area contributed by atoms with Gasteiger partial charge < -0.3 is 9.47 Å². The Hall–Kier alpha value is -4.21. The molecule has 1 heterocycles. The molecule has 0 atom stereocenters. The highest BCUT2D eigenvalue weighted by Gasteiger charge is 2.21. The number of hydrogen-bond acceptors (Lipinski definition) is 5. The molecule has 0 saturated heterocycles. The summed E-state index contributed by atoms with van der Waals surface area (Å²) in [7, 11) is 1.65. The van der Waals surface area contributed by atoms with Crippen LogP contribution in [0.1, 0.15) is 62.3 Å². The van der Waals surface area contributed by atoms with Gasteiger partial charge in [-0.2, -0.15) is 5.26 Å². The van der Waals surface area contributed by atoms with Gasteiger partial charge in [0.1, 0.15) is 17.2 Å². The van der Waals surface area contributed by atoms with Gasteiger partial charge in [-0.05, 0) is 67.3 Å². The lowest BCUT2D eigenvalue weighted by Gasteiger charge is -2.25. The maximum atomic E-state index is 14.1. The van der Waals surface area contributed by atoms with E-state index in [1.807, 2.05) is 93.6 Å². The fourth-order valence-electron chi connectivity index (χ4n) is 4.97. The lowest BCUT2D eigenvalue weighted by atomic mass is 9.97. The summed E-state index contributed by atoms with van der Waals surface area (Å²) < 4.78 is 13.1. The van der Waals surface area contributed by atoms with E-state index < -0.39 is 5.60 Å². The fraction of sp³-hybridized carbons (Fsp3) is 0.324. The van der Waals surface area contributed by atoms with Gasteiger partial charge in [0.15, 0.2) is 0 Å². The molecule has 3 aromatic carbocycles. The number of hydrogen-bond donors (Lipinski definition) is 0. The van der Waals surface area contributed by atoms with E-state index in [0.29, 0.717) is 36.3 Å². The van der Waals surface area contributed by atoms with Gasteiger partial charge in [-0.3, -0.25) is 9.36 Å². The van der Waals surface area contributed by atoms with Crippen LogP contribution >= 0.6 is 0 Å². The summed E-state index contributed by atoms with van der Waals surface area (Å²) in [4.78, 5) is 19.0. The van der Waals surface area contributed by atoms with Crippen molar-refractivity contribution >= 4 is 0 Å². The molecule has 0 N–H and O–H groups in total. The van der Waals surface area contributed by atoms with E-state index in [1.165, 1.54) is 0 Å². The lowest BCUT2D eigenvalue weighted by molar-refractivity contribution is 0.0181. The van der Waals surface area contributed by atoms with Crippen LogP contribution in [-0.4, -0.2) is 28.9 Å². The molecule has 206 valence electrons. The van der Waals surface area contributed by atoms with E-state index in [4.69, 9.17) is 14.5 Å². The molecular formula is C34H37N3O3. The molecule has 0 amide bonds. The molecule has 0 aliphatic heterocycles. The first-order chi connectivity index (χ1) is 19.3. The van der Waals surface area contributed by atoms with E-state index in [9.17, 15) is 10.1 Å². The second-order valence-electron chi connectivity index (χ2n) is 10.5. The topological polar surface area (TPSA) is 77.1 Å². The van der Waals surface area contributed by atoms with Crippen molar-refractivity contribution in [1.29, 1.82) is 5.26 Å². The molecule has 40 heavy (non-hydrogen) atoms. The molecule has 0 unspecified atom stereocenters. The Morgan fingerprint density at radius 1 is 0.975 bits per heavy atom. The van der Waals surface area contributed by atoms with Crippen molar-refractivity contribution in [3.8, 4) is 28.6 Å². The highest BCUT2D eigenvalue weighted by atomic mass is 16.5. The van der Waals surface area contributed by atoms with E-state index in [0.717, 1.165) is 46.7 Å². The standard InChI is InChI=1S/C34H37N3O3/c1-6-10-31-30(21-24-13-15-25(16-14-24)29-12-9-8-11-26(29)22-35)33(38)37(32(7-2)36-31)27-17-19-28(20-18-27)40-34(3,4)23-39-5/h8-9,11-20H,6-7,10,21,23H2,1-5H3. The van der Waals surface area contributed by atoms with Crippen LogP contribution in [0, 0.1) is 11.3 Å². The van der Waals surface area contributed by atoms with E-state index >= 15 is 0 Å². The molecule has 1 aromatic heterocycles. The van der Waals surface area contributed by atoms with Crippen molar-refractivity contribution in [2.45, 2.75) is 59.0 Å². The van der Waals surface area contributed by atoms with Gasteiger partial charge in [-0.15, -0.1) is 0 Å². The Bertz CT molecular complexity index is 1550.